The summed E-state index contributed by atoms with van der Waals surface area (Å²) in [6.45, 7) is 0. The van der Waals surface area contributed by atoms with Gasteiger partial charge >= 0.3 is 0 Å². The minimum Gasteiger partial charge on any atom is -0.370 e. The van der Waals surface area contributed by atoms with Gasteiger partial charge in [0.15, 0.2) is 0 Å². The van der Waals surface area contributed by atoms with Gasteiger partial charge in [0, 0.05) is 30.1 Å². The van der Waals surface area contributed by atoms with Crippen molar-refractivity contribution in [3.63, 3.8) is 0 Å². The van der Waals surface area contributed by atoms with Crippen LogP contribution >= 0.6 is 0 Å². The zero-order chi connectivity index (χ0) is 12.1. The molecule has 1 aromatic carbocycles. The highest BCUT2D eigenvalue weighted by Gasteiger charge is 2.04. The van der Waals surface area contributed by atoms with Crippen LogP contribution in [0.5, 0.6) is 0 Å². The van der Waals surface area contributed by atoms with Crippen LogP contribution in [0.4, 0.5) is 5.69 Å². The number of nitrogens with zero attached hydrogens (tertiary/aromatic N) is 1. The molecule has 3 N–H and O–H groups in total. The van der Waals surface area contributed by atoms with Crippen LogP contribution < -0.4 is 11.1 Å². The van der Waals surface area contributed by atoms with Crippen molar-refractivity contribution in [3.05, 3.63) is 41.7 Å². The second-order valence-corrected chi connectivity index (χ2v) is 3.95. The van der Waals surface area contributed by atoms with Crippen molar-refractivity contribution in [3.8, 4) is 0 Å². The number of carbonyl (C=O) groups is 1. The summed E-state index contributed by atoms with van der Waals surface area (Å²) in [6, 6.07) is 7.96. The SMILES string of the molecule is NC(=O)CCCC1=CNc2ccccc2C=N1. The molecule has 4 nitrogen and oxygen atoms in total. The Morgan fingerprint density at radius 3 is 3.00 bits per heavy atom. The predicted octanol–water partition coefficient (Wildman–Crippen LogP) is 2.03. The number of hydrogen-bond acceptors (Lipinski definition) is 3. The molecule has 0 radical (unpaired) electrons. The summed E-state index contributed by atoms with van der Waals surface area (Å²) in [6.07, 6.45) is 5.60. The van der Waals surface area contributed by atoms with Crippen molar-refractivity contribution in [2.24, 2.45) is 10.7 Å². The highest BCUT2D eigenvalue weighted by molar-refractivity contribution is 5.89. The zero-order valence-corrected chi connectivity index (χ0v) is 9.52. The molecule has 0 atom stereocenters. The van der Waals surface area contributed by atoms with Crippen LogP contribution in [0.3, 0.4) is 0 Å². The lowest BCUT2D eigenvalue weighted by Gasteiger charge is -2.02. The number of nitrogens with one attached hydrogen (secondary N) is 1. The van der Waals surface area contributed by atoms with E-state index in [1.165, 1.54) is 0 Å². The Hall–Kier alpha value is -2.10. The third kappa shape index (κ3) is 3.17. The normalized spacial score (nSPS) is 13.3. The lowest BCUT2D eigenvalue weighted by Crippen LogP contribution is -2.09. The van der Waals surface area contributed by atoms with Crippen molar-refractivity contribution < 1.29 is 4.79 Å². The topological polar surface area (TPSA) is 67.5 Å². The van der Waals surface area contributed by atoms with Crippen LogP contribution in [0.15, 0.2) is 41.2 Å². The van der Waals surface area contributed by atoms with Crippen LogP contribution in [-0.2, 0) is 4.79 Å². The number of carbonyl (C=O) groups excluding carboxylic acids is 1. The molecule has 0 unspecified atom stereocenters. The minimum atomic E-state index is -0.264. The molecule has 0 saturated carbocycles. The number of hydrogen-bond donors (Lipinski definition) is 2. The first kappa shape index (κ1) is 11.4. The molecule has 2 rings (SSSR count). The molecule has 1 amide bonds. The van der Waals surface area contributed by atoms with E-state index in [1.54, 1.807) is 0 Å². The molecular formula is C13H15N3O. The second-order valence-electron chi connectivity index (χ2n) is 3.95. The van der Waals surface area contributed by atoms with Crippen molar-refractivity contribution >= 4 is 17.8 Å². The Labute approximate surface area is 100 Å². The largest absolute Gasteiger partial charge is 0.370 e. The molecule has 1 aliphatic heterocycles. The summed E-state index contributed by atoms with van der Waals surface area (Å²) < 4.78 is 0. The first-order chi connectivity index (χ1) is 8.25. The summed E-state index contributed by atoms with van der Waals surface area (Å²) in [5, 5.41) is 3.21. The van der Waals surface area contributed by atoms with E-state index in [4.69, 9.17) is 5.73 Å². The Bertz CT molecular complexity index is 477. The van der Waals surface area contributed by atoms with Crippen molar-refractivity contribution in [2.45, 2.75) is 19.3 Å². The van der Waals surface area contributed by atoms with Crippen molar-refractivity contribution in [1.29, 1.82) is 0 Å². The molecule has 0 aliphatic carbocycles. The molecular weight excluding hydrogens is 214 g/mol. The summed E-state index contributed by atoms with van der Waals surface area (Å²) in [4.78, 5) is 15.0. The van der Waals surface area contributed by atoms with E-state index in [0.29, 0.717) is 6.42 Å². The van der Waals surface area contributed by atoms with Crippen LogP contribution in [0.2, 0.25) is 0 Å². The Kier molecular flexibility index (Phi) is 3.55. The average molecular weight is 229 g/mol. The zero-order valence-electron chi connectivity index (χ0n) is 9.52. The van der Waals surface area contributed by atoms with Gasteiger partial charge in [0.05, 0.1) is 5.70 Å². The molecule has 0 saturated heterocycles. The van der Waals surface area contributed by atoms with Crippen LogP contribution in [0.25, 0.3) is 0 Å². The van der Waals surface area contributed by atoms with Crippen LogP contribution in [-0.4, -0.2) is 12.1 Å². The molecule has 0 aromatic heterocycles. The van der Waals surface area contributed by atoms with Gasteiger partial charge in [0.25, 0.3) is 0 Å². The predicted molar refractivity (Wildman–Crippen MR) is 68.8 cm³/mol. The molecule has 0 fully saturated rings. The lowest BCUT2D eigenvalue weighted by atomic mass is 10.2. The maximum absolute atomic E-state index is 10.6. The molecule has 0 bridgehead atoms. The summed E-state index contributed by atoms with van der Waals surface area (Å²) in [7, 11) is 0. The van der Waals surface area contributed by atoms with Crippen molar-refractivity contribution in [2.75, 3.05) is 5.32 Å². The van der Waals surface area contributed by atoms with Crippen molar-refractivity contribution in [1.82, 2.24) is 0 Å². The molecule has 17 heavy (non-hydrogen) atoms. The fourth-order valence-electron chi connectivity index (χ4n) is 1.67. The Morgan fingerprint density at radius 2 is 2.18 bits per heavy atom. The summed E-state index contributed by atoms with van der Waals surface area (Å²) >= 11 is 0. The molecule has 88 valence electrons. The first-order valence-corrected chi connectivity index (χ1v) is 5.63. The maximum Gasteiger partial charge on any atom is 0.217 e. The fourth-order valence-corrected chi connectivity index (χ4v) is 1.67. The standard InChI is InChI=1S/C13H15N3O/c14-13(17)7-3-5-11-9-16-12-6-2-1-4-10(12)8-15-11/h1-2,4,6,8-9,16H,3,5,7H2,(H2,14,17). The van der Waals surface area contributed by atoms with E-state index < -0.39 is 0 Å². The third-order valence-corrected chi connectivity index (χ3v) is 2.58. The third-order valence-electron chi connectivity index (χ3n) is 2.58. The minimum absolute atomic E-state index is 0.264. The van der Waals surface area contributed by atoms with E-state index in [9.17, 15) is 4.79 Å². The number of amides is 1. The van der Waals surface area contributed by atoms with E-state index >= 15 is 0 Å². The van der Waals surface area contributed by atoms with Gasteiger partial charge in [-0.25, -0.2) is 0 Å². The number of allylic oxidation sites excluding steroid dienone is 1. The van der Waals surface area contributed by atoms with Gasteiger partial charge < -0.3 is 11.1 Å². The van der Waals surface area contributed by atoms with Crippen LogP contribution in [0.1, 0.15) is 24.8 Å². The van der Waals surface area contributed by atoms with Gasteiger partial charge in [-0.1, -0.05) is 18.2 Å². The summed E-state index contributed by atoms with van der Waals surface area (Å²) in [5.74, 6) is -0.264. The van der Waals surface area contributed by atoms with E-state index in [1.807, 2.05) is 36.7 Å². The van der Waals surface area contributed by atoms with E-state index in [2.05, 4.69) is 10.3 Å². The smallest absolute Gasteiger partial charge is 0.217 e. The highest BCUT2D eigenvalue weighted by atomic mass is 16.1. The van der Waals surface area contributed by atoms with E-state index in [-0.39, 0.29) is 5.91 Å². The van der Waals surface area contributed by atoms with Gasteiger partial charge in [0.1, 0.15) is 0 Å². The van der Waals surface area contributed by atoms with E-state index in [0.717, 1.165) is 29.8 Å². The Morgan fingerprint density at radius 1 is 1.35 bits per heavy atom. The number of aliphatic imine (C=N–C) groups is 1. The van der Waals surface area contributed by atoms with Crippen LogP contribution in [0, 0.1) is 0 Å². The first-order valence-electron chi connectivity index (χ1n) is 5.63. The van der Waals surface area contributed by atoms with Gasteiger partial charge in [-0.3, -0.25) is 9.79 Å². The number of benzene rings is 1. The summed E-state index contributed by atoms with van der Waals surface area (Å²) in [5.41, 5.74) is 8.13. The van der Waals surface area contributed by atoms with Gasteiger partial charge in [-0.05, 0) is 18.9 Å². The molecule has 1 aromatic rings. The van der Waals surface area contributed by atoms with Gasteiger partial charge in [-0.15, -0.1) is 0 Å². The maximum atomic E-state index is 10.6. The number of anilines is 1. The fraction of sp³-hybridized carbons (Fsp3) is 0.231. The second kappa shape index (κ2) is 5.30. The van der Waals surface area contributed by atoms with Gasteiger partial charge in [0.2, 0.25) is 5.91 Å². The Balaban J connectivity index is 2.00. The molecule has 1 heterocycles. The average Bonchev–Trinajstić information content (AvgIpc) is 2.52. The molecule has 0 spiro atoms. The lowest BCUT2D eigenvalue weighted by molar-refractivity contribution is -0.118. The molecule has 4 heteroatoms. The number of nitrogens with two attached hydrogens (primary N) is 1. The monoisotopic (exact) mass is 229 g/mol. The number of fused-ring (bicyclic) bond motifs is 1. The quantitative estimate of drug-likeness (QED) is 0.829. The number of para-hydroxylation sites is 1. The molecule has 1 aliphatic rings. The highest BCUT2D eigenvalue weighted by Crippen LogP contribution is 2.18. The van der Waals surface area contributed by atoms with Gasteiger partial charge in [-0.2, -0.15) is 0 Å². The number of primary amides is 1. The number of rotatable bonds is 4.